The van der Waals surface area contributed by atoms with E-state index >= 15 is 0 Å². The number of hydrogen-bond donors (Lipinski definition) is 0. The largest absolute Gasteiger partial charge is 0.234 e. The van der Waals surface area contributed by atoms with Crippen LogP contribution in [0.1, 0.15) is 13.3 Å². The SMILES string of the molecule is CC[CH]CN=C=O. The Morgan fingerprint density at radius 1 is 1.86 bits per heavy atom. The molecule has 0 atom stereocenters. The van der Waals surface area contributed by atoms with Crippen molar-refractivity contribution >= 4 is 6.08 Å². The second-order valence-corrected chi connectivity index (χ2v) is 1.13. The van der Waals surface area contributed by atoms with Crippen molar-refractivity contribution in [2.24, 2.45) is 4.99 Å². The van der Waals surface area contributed by atoms with Gasteiger partial charge < -0.3 is 0 Å². The monoisotopic (exact) mass is 98.1 g/mol. The molecule has 0 fully saturated rings. The van der Waals surface area contributed by atoms with Gasteiger partial charge in [-0.05, 0) is 6.42 Å². The molecule has 0 unspecified atom stereocenters. The van der Waals surface area contributed by atoms with Crippen LogP contribution >= 0.6 is 0 Å². The van der Waals surface area contributed by atoms with Crippen LogP contribution in [0.5, 0.6) is 0 Å². The van der Waals surface area contributed by atoms with Crippen molar-refractivity contribution in [2.75, 3.05) is 6.54 Å². The molecule has 0 bridgehead atoms. The van der Waals surface area contributed by atoms with Gasteiger partial charge in [-0.15, -0.1) is 0 Å². The lowest BCUT2D eigenvalue weighted by Gasteiger charge is -1.80. The van der Waals surface area contributed by atoms with Gasteiger partial charge in [0.05, 0.1) is 6.54 Å². The van der Waals surface area contributed by atoms with E-state index in [1.54, 1.807) is 0 Å². The third-order valence-corrected chi connectivity index (χ3v) is 0.574. The van der Waals surface area contributed by atoms with E-state index < -0.39 is 0 Å². The second-order valence-electron chi connectivity index (χ2n) is 1.13. The number of aliphatic imine (C=N–C) groups is 1. The molecule has 0 aliphatic carbocycles. The van der Waals surface area contributed by atoms with Gasteiger partial charge >= 0.3 is 0 Å². The maximum absolute atomic E-state index is 9.37. The average Bonchev–Trinajstić information content (AvgIpc) is 1.69. The summed E-state index contributed by atoms with van der Waals surface area (Å²) in [6.07, 6.45) is 4.32. The van der Waals surface area contributed by atoms with Gasteiger partial charge in [0, 0.05) is 0 Å². The molecule has 2 nitrogen and oxygen atoms in total. The lowest BCUT2D eigenvalue weighted by molar-refractivity contribution is 0.563. The topological polar surface area (TPSA) is 29.4 Å². The minimum absolute atomic E-state index is 0.514. The van der Waals surface area contributed by atoms with Crippen LogP contribution < -0.4 is 0 Å². The molecule has 0 saturated carbocycles. The molecule has 0 aliphatic heterocycles. The van der Waals surface area contributed by atoms with Crippen molar-refractivity contribution in [2.45, 2.75) is 13.3 Å². The summed E-state index contributed by atoms with van der Waals surface area (Å²) in [5.74, 6) is 0. The summed E-state index contributed by atoms with van der Waals surface area (Å²) in [5.41, 5.74) is 0. The van der Waals surface area contributed by atoms with Gasteiger partial charge in [-0.3, -0.25) is 0 Å². The molecule has 0 saturated heterocycles. The van der Waals surface area contributed by atoms with Gasteiger partial charge in [0.25, 0.3) is 0 Å². The Morgan fingerprint density at radius 2 is 2.57 bits per heavy atom. The highest BCUT2D eigenvalue weighted by Crippen LogP contribution is 1.81. The average molecular weight is 98.1 g/mol. The highest BCUT2D eigenvalue weighted by atomic mass is 16.1. The summed E-state index contributed by atoms with van der Waals surface area (Å²) in [6.45, 7) is 2.51. The minimum Gasteiger partial charge on any atom is -0.211 e. The maximum atomic E-state index is 9.37. The van der Waals surface area contributed by atoms with Gasteiger partial charge in [-0.2, -0.15) is 0 Å². The lowest BCUT2D eigenvalue weighted by atomic mass is 10.3. The number of carbonyl (C=O) groups excluding carboxylic acids is 1. The predicted molar refractivity (Wildman–Crippen MR) is 27.6 cm³/mol. The fraction of sp³-hybridized carbons (Fsp3) is 0.600. The van der Waals surface area contributed by atoms with Crippen LogP contribution in [0.2, 0.25) is 0 Å². The van der Waals surface area contributed by atoms with Crippen LogP contribution in [0.3, 0.4) is 0 Å². The van der Waals surface area contributed by atoms with Crippen molar-refractivity contribution in [3.63, 3.8) is 0 Å². The van der Waals surface area contributed by atoms with Crippen LogP contribution in [0.15, 0.2) is 4.99 Å². The molecular weight excluding hydrogens is 90.1 g/mol. The Labute approximate surface area is 43.3 Å². The van der Waals surface area contributed by atoms with Crippen LogP contribution in [0, 0.1) is 6.42 Å². The summed E-state index contributed by atoms with van der Waals surface area (Å²) in [7, 11) is 0. The normalized spacial score (nSPS) is 7.57. The van der Waals surface area contributed by atoms with Gasteiger partial charge in [-0.25, -0.2) is 9.79 Å². The second kappa shape index (κ2) is 5.38. The van der Waals surface area contributed by atoms with Crippen molar-refractivity contribution in [3.05, 3.63) is 6.42 Å². The zero-order chi connectivity index (χ0) is 5.54. The van der Waals surface area contributed by atoms with E-state index in [4.69, 9.17) is 0 Å². The van der Waals surface area contributed by atoms with Crippen molar-refractivity contribution < 1.29 is 4.79 Å². The minimum atomic E-state index is 0.514. The van der Waals surface area contributed by atoms with E-state index in [2.05, 4.69) is 4.99 Å². The van der Waals surface area contributed by atoms with Gasteiger partial charge in [-0.1, -0.05) is 13.3 Å². The summed E-state index contributed by atoms with van der Waals surface area (Å²) in [5, 5.41) is 0. The third kappa shape index (κ3) is 5.38. The Kier molecular flexibility index (Phi) is 4.90. The van der Waals surface area contributed by atoms with E-state index in [0.717, 1.165) is 6.42 Å². The Hall–Kier alpha value is -0.620. The molecule has 0 heterocycles. The molecule has 0 amide bonds. The lowest BCUT2D eigenvalue weighted by Crippen LogP contribution is -1.76. The van der Waals surface area contributed by atoms with Gasteiger partial charge in [0.15, 0.2) is 0 Å². The first kappa shape index (κ1) is 6.38. The molecule has 0 rings (SSSR count). The number of hydrogen-bond acceptors (Lipinski definition) is 2. The molecule has 7 heavy (non-hydrogen) atoms. The molecular formula is C5H8NO. The van der Waals surface area contributed by atoms with Gasteiger partial charge in [0.2, 0.25) is 6.08 Å². The van der Waals surface area contributed by atoms with Crippen molar-refractivity contribution in [1.82, 2.24) is 0 Å². The summed E-state index contributed by atoms with van der Waals surface area (Å²) in [6, 6.07) is 0. The highest BCUT2D eigenvalue weighted by molar-refractivity contribution is 5.32. The zero-order valence-electron chi connectivity index (χ0n) is 4.35. The molecule has 2 heteroatoms. The molecule has 0 N–H and O–H groups in total. The Morgan fingerprint density at radius 3 is 3.00 bits per heavy atom. The Bertz CT molecular complexity index is 74.1. The van der Waals surface area contributed by atoms with E-state index in [0.29, 0.717) is 6.54 Å². The maximum Gasteiger partial charge on any atom is 0.234 e. The fourth-order valence-corrected chi connectivity index (χ4v) is 0.231. The first-order valence-corrected chi connectivity index (χ1v) is 2.27. The van der Waals surface area contributed by atoms with Crippen LogP contribution in [0.25, 0.3) is 0 Å². The van der Waals surface area contributed by atoms with E-state index in [-0.39, 0.29) is 0 Å². The first-order chi connectivity index (χ1) is 3.41. The number of unbranched alkanes of at least 4 members (excludes halogenated alkanes) is 1. The molecule has 0 aromatic heterocycles. The predicted octanol–water partition coefficient (Wildman–Crippen LogP) is 0.936. The Balaban J connectivity index is 2.83. The van der Waals surface area contributed by atoms with E-state index in [9.17, 15) is 4.79 Å². The summed E-state index contributed by atoms with van der Waals surface area (Å²) in [4.78, 5) is 12.7. The number of nitrogens with zero attached hydrogens (tertiary/aromatic N) is 1. The number of isocyanates is 1. The van der Waals surface area contributed by atoms with Crippen molar-refractivity contribution in [3.8, 4) is 0 Å². The van der Waals surface area contributed by atoms with E-state index in [1.807, 2.05) is 13.3 Å². The van der Waals surface area contributed by atoms with Gasteiger partial charge in [0.1, 0.15) is 0 Å². The summed E-state index contributed by atoms with van der Waals surface area (Å²) < 4.78 is 0. The van der Waals surface area contributed by atoms with E-state index in [1.165, 1.54) is 6.08 Å². The molecule has 0 spiro atoms. The molecule has 39 valence electrons. The molecule has 1 radical (unpaired) electrons. The standard InChI is InChI=1S/C5H8NO/c1-2-3-4-6-5-7/h3H,2,4H2,1H3. The molecule has 0 aromatic rings. The first-order valence-electron chi connectivity index (χ1n) is 2.27. The van der Waals surface area contributed by atoms with Crippen LogP contribution in [-0.2, 0) is 4.79 Å². The molecule has 0 aromatic carbocycles. The molecule has 0 aliphatic rings. The van der Waals surface area contributed by atoms with Crippen LogP contribution in [-0.4, -0.2) is 12.6 Å². The highest BCUT2D eigenvalue weighted by Gasteiger charge is 1.75. The smallest absolute Gasteiger partial charge is 0.211 e. The van der Waals surface area contributed by atoms with Crippen LogP contribution in [0.4, 0.5) is 0 Å². The zero-order valence-corrected chi connectivity index (χ0v) is 4.35. The third-order valence-electron chi connectivity index (χ3n) is 0.574. The summed E-state index contributed by atoms with van der Waals surface area (Å²) >= 11 is 0. The quantitative estimate of drug-likeness (QED) is 0.293. The number of rotatable bonds is 3. The van der Waals surface area contributed by atoms with Crippen molar-refractivity contribution in [1.29, 1.82) is 0 Å². The fourth-order valence-electron chi connectivity index (χ4n) is 0.231.